The average molecular weight is 276 g/mol. The summed E-state index contributed by atoms with van der Waals surface area (Å²) < 4.78 is 0. The van der Waals surface area contributed by atoms with E-state index in [-0.39, 0.29) is 5.91 Å². The molecule has 102 valence electrons. The van der Waals surface area contributed by atoms with Crippen LogP contribution in [0.1, 0.15) is 30.6 Å². The third kappa shape index (κ3) is 4.96. The number of thioether (sulfide) groups is 1. The number of amides is 1. The second-order valence-corrected chi connectivity index (χ2v) is 5.66. The summed E-state index contributed by atoms with van der Waals surface area (Å²) in [6, 6.07) is 9.72. The van der Waals surface area contributed by atoms with Gasteiger partial charge in [-0.3, -0.25) is 4.79 Å². The highest BCUT2D eigenvalue weighted by atomic mass is 32.2. The molecule has 1 rings (SSSR count). The van der Waals surface area contributed by atoms with Crippen molar-refractivity contribution < 1.29 is 4.79 Å². The fourth-order valence-electron chi connectivity index (χ4n) is 1.82. The lowest BCUT2D eigenvalue weighted by Crippen LogP contribution is -2.35. The first-order valence-electron chi connectivity index (χ1n) is 6.38. The van der Waals surface area contributed by atoms with Gasteiger partial charge in [0.1, 0.15) is 0 Å². The lowest BCUT2D eigenvalue weighted by molar-refractivity contribution is 0.0740. The van der Waals surface area contributed by atoms with Gasteiger partial charge in [-0.2, -0.15) is 5.26 Å². The Morgan fingerprint density at radius 1 is 1.37 bits per heavy atom. The summed E-state index contributed by atoms with van der Waals surface area (Å²) in [5, 5.41) is 8.68. The van der Waals surface area contributed by atoms with Crippen molar-refractivity contribution in [1.82, 2.24) is 4.90 Å². The van der Waals surface area contributed by atoms with Crippen LogP contribution >= 0.6 is 11.8 Å². The lowest BCUT2D eigenvalue weighted by Gasteiger charge is -2.23. The Hall–Kier alpha value is -1.47. The van der Waals surface area contributed by atoms with Crippen molar-refractivity contribution in [2.75, 3.05) is 19.3 Å². The number of carbonyl (C=O) groups excluding carboxylic acids is 1. The van der Waals surface area contributed by atoms with Gasteiger partial charge in [0, 0.05) is 23.5 Å². The van der Waals surface area contributed by atoms with Crippen LogP contribution in [0, 0.1) is 17.2 Å². The predicted molar refractivity (Wildman–Crippen MR) is 79.2 cm³/mol. The number of nitrogens with zero attached hydrogens (tertiary/aromatic N) is 2. The smallest absolute Gasteiger partial charge is 0.253 e. The van der Waals surface area contributed by atoms with Crippen LogP contribution in [-0.2, 0) is 0 Å². The average Bonchev–Trinajstić information content (AvgIpc) is 2.42. The van der Waals surface area contributed by atoms with Crippen molar-refractivity contribution in [2.24, 2.45) is 5.92 Å². The second kappa shape index (κ2) is 7.85. The van der Waals surface area contributed by atoms with E-state index in [2.05, 4.69) is 19.9 Å². The van der Waals surface area contributed by atoms with Crippen LogP contribution in [0.4, 0.5) is 0 Å². The molecule has 0 aliphatic rings. The summed E-state index contributed by atoms with van der Waals surface area (Å²) in [7, 11) is 0. The minimum absolute atomic E-state index is 0.0107. The number of benzene rings is 1. The third-order valence-electron chi connectivity index (χ3n) is 2.70. The first-order valence-corrected chi connectivity index (χ1v) is 7.61. The third-order valence-corrected chi connectivity index (χ3v) is 3.45. The van der Waals surface area contributed by atoms with E-state index in [0.717, 1.165) is 4.90 Å². The van der Waals surface area contributed by atoms with Gasteiger partial charge in [-0.25, -0.2) is 0 Å². The number of hydrogen-bond acceptors (Lipinski definition) is 3. The Labute approximate surface area is 119 Å². The number of carbonyl (C=O) groups is 1. The van der Waals surface area contributed by atoms with E-state index in [0.29, 0.717) is 31.0 Å². The molecule has 0 spiro atoms. The molecule has 1 aromatic carbocycles. The van der Waals surface area contributed by atoms with Gasteiger partial charge in [0.2, 0.25) is 0 Å². The topological polar surface area (TPSA) is 44.1 Å². The van der Waals surface area contributed by atoms with Crippen LogP contribution in [0.2, 0.25) is 0 Å². The minimum atomic E-state index is 0.0107. The number of nitriles is 1. The fourth-order valence-corrected chi connectivity index (χ4v) is 2.23. The van der Waals surface area contributed by atoms with Gasteiger partial charge in [-0.05, 0) is 36.4 Å². The summed E-state index contributed by atoms with van der Waals surface area (Å²) in [6.07, 6.45) is 2.39. The zero-order valence-corrected chi connectivity index (χ0v) is 12.5. The molecule has 0 unspecified atom stereocenters. The van der Waals surface area contributed by atoms with Gasteiger partial charge in [-0.15, -0.1) is 11.8 Å². The van der Waals surface area contributed by atoms with Gasteiger partial charge in [-0.1, -0.05) is 13.8 Å². The van der Waals surface area contributed by atoms with E-state index in [1.807, 2.05) is 30.5 Å². The number of hydrogen-bond donors (Lipinski definition) is 0. The Balaban J connectivity index is 2.81. The van der Waals surface area contributed by atoms with E-state index in [9.17, 15) is 4.79 Å². The van der Waals surface area contributed by atoms with Crippen molar-refractivity contribution in [3.8, 4) is 6.07 Å². The first kappa shape index (κ1) is 15.6. The normalized spacial score (nSPS) is 10.3. The summed E-state index contributed by atoms with van der Waals surface area (Å²) in [4.78, 5) is 15.3. The van der Waals surface area contributed by atoms with Crippen molar-refractivity contribution in [3.63, 3.8) is 0 Å². The second-order valence-electron chi connectivity index (χ2n) is 4.78. The summed E-state index contributed by atoms with van der Waals surface area (Å²) in [6.45, 7) is 5.33. The van der Waals surface area contributed by atoms with Gasteiger partial charge < -0.3 is 4.90 Å². The molecule has 0 heterocycles. The highest BCUT2D eigenvalue weighted by Gasteiger charge is 2.16. The van der Waals surface area contributed by atoms with Gasteiger partial charge in [0.25, 0.3) is 5.91 Å². The maximum atomic E-state index is 12.4. The molecule has 4 heteroatoms. The SMILES string of the molecule is CSc1ccc(C(=O)N(CCC#N)CC(C)C)cc1. The molecule has 19 heavy (non-hydrogen) atoms. The Kier molecular flexibility index (Phi) is 6.44. The van der Waals surface area contributed by atoms with E-state index in [4.69, 9.17) is 5.26 Å². The van der Waals surface area contributed by atoms with Crippen LogP contribution in [0.15, 0.2) is 29.2 Å². The molecular weight excluding hydrogens is 256 g/mol. The quantitative estimate of drug-likeness (QED) is 0.748. The summed E-state index contributed by atoms with van der Waals surface area (Å²) in [5.74, 6) is 0.407. The van der Waals surface area contributed by atoms with E-state index < -0.39 is 0 Å². The highest BCUT2D eigenvalue weighted by Crippen LogP contribution is 2.16. The Morgan fingerprint density at radius 2 is 2.00 bits per heavy atom. The molecule has 0 atom stereocenters. The van der Waals surface area contributed by atoms with Crippen LogP contribution < -0.4 is 0 Å². The van der Waals surface area contributed by atoms with Crippen LogP contribution in [-0.4, -0.2) is 30.2 Å². The molecule has 1 aromatic rings. The molecule has 0 saturated carbocycles. The zero-order chi connectivity index (χ0) is 14.3. The Morgan fingerprint density at radius 3 is 2.47 bits per heavy atom. The molecule has 0 saturated heterocycles. The van der Waals surface area contributed by atoms with Crippen molar-refractivity contribution >= 4 is 17.7 Å². The standard InChI is InChI=1S/C15H20N2OS/c1-12(2)11-17(10-4-9-16)15(18)13-5-7-14(19-3)8-6-13/h5-8,12H,4,10-11H2,1-3H3. The highest BCUT2D eigenvalue weighted by molar-refractivity contribution is 7.98. The molecule has 0 aromatic heterocycles. The largest absolute Gasteiger partial charge is 0.337 e. The minimum Gasteiger partial charge on any atom is -0.337 e. The molecular formula is C15H20N2OS. The van der Waals surface area contributed by atoms with Gasteiger partial charge in [0.05, 0.1) is 12.5 Å². The van der Waals surface area contributed by atoms with Crippen molar-refractivity contribution in [2.45, 2.75) is 25.2 Å². The van der Waals surface area contributed by atoms with Gasteiger partial charge >= 0.3 is 0 Å². The van der Waals surface area contributed by atoms with E-state index >= 15 is 0 Å². The summed E-state index contributed by atoms with van der Waals surface area (Å²) >= 11 is 1.65. The Bertz CT molecular complexity index is 448. The molecule has 0 bridgehead atoms. The maximum Gasteiger partial charge on any atom is 0.253 e. The molecule has 0 aliphatic carbocycles. The first-order chi connectivity index (χ1) is 9.08. The maximum absolute atomic E-state index is 12.4. The molecule has 0 fully saturated rings. The van der Waals surface area contributed by atoms with Crippen LogP contribution in [0.25, 0.3) is 0 Å². The molecule has 0 N–H and O–H groups in total. The summed E-state index contributed by atoms with van der Waals surface area (Å²) in [5.41, 5.74) is 0.691. The van der Waals surface area contributed by atoms with E-state index in [1.165, 1.54) is 0 Å². The molecule has 1 amide bonds. The van der Waals surface area contributed by atoms with Crippen LogP contribution in [0.5, 0.6) is 0 Å². The van der Waals surface area contributed by atoms with Crippen molar-refractivity contribution in [1.29, 1.82) is 5.26 Å². The number of rotatable bonds is 6. The molecule has 0 aliphatic heterocycles. The monoisotopic (exact) mass is 276 g/mol. The predicted octanol–water partition coefficient (Wildman–Crippen LogP) is 3.42. The van der Waals surface area contributed by atoms with E-state index in [1.54, 1.807) is 16.7 Å². The van der Waals surface area contributed by atoms with Gasteiger partial charge in [0.15, 0.2) is 0 Å². The fraction of sp³-hybridized carbons (Fsp3) is 0.467. The lowest BCUT2D eigenvalue weighted by atomic mass is 10.1. The molecule has 3 nitrogen and oxygen atoms in total. The van der Waals surface area contributed by atoms with Crippen molar-refractivity contribution in [3.05, 3.63) is 29.8 Å². The molecule has 0 radical (unpaired) electrons. The van der Waals surface area contributed by atoms with Crippen LogP contribution in [0.3, 0.4) is 0 Å². The zero-order valence-electron chi connectivity index (χ0n) is 11.7.